The summed E-state index contributed by atoms with van der Waals surface area (Å²) < 4.78 is 5.41. The fraction of sp³-hybridized carbons (Fsp3) is 0.280. The van der Waals surface area contributed by atoms with Gasteiger partial charge in [-0.3, -0.25) is 9.80 Å². The van der Waals surface area contributed by atoms with Crippen LogP contribution >= 0.6 is 0 Å². The minimum absolute atomic E-state index is 0.196. The van der Waals surface area contributed by atoms with E-state index in [2.05, 4.69) is 66.7 Å². The van der Waals surface area contributed by atoms with Crippen LogP contribution in [0.5, 0.6) is 11.5 Å². The van der Waals surface area contributed by atoms with Crippen LogP contribution in [0, 0.1) is 0 Å². The summed E-state index contributed by atoms with van der Waals surface area (Å²) in [6.45, 7) is 4.27. The molecule has 1 saturated heterocycles. The Balaban J connectivity index is 1.67. The fourth-order valence-corrected chi connectivity index (χ4v) is 4.56. The van der Waals surface area contributed by atoms with Crippen LogP contribution < -0.4 is 14.5 Å². The molecule has 2 unspecified atom stereocenters. The summed E-state index contributed by atoms with van der Waals surface area (Å²) in [5.74, 6) is 0.743. The second-order valence-corrected chi connectivity index (χ2v) is 7.86. The molecule has 150 valence electrons. The topological polar surface area (TPSA) is 38.3 Å². The van der Waals surface area contributed by atoms with Gasteiger partial charge in [-0.1, -0.05) is 60.7 Å². The molecule has 0 aliphatic carbocycles. The van der Waals surface area contributed by atoms with Crippen molar-refractivity contribution in [2.24, 2.45) is 0 Å². The van der Waals surface area contributed by atoms with Gasteiger partial charge in [0.1, 0.15) is 13.1 Å². The molecule has 29 heavy (non-hydrogen) atoms. The minimum atomic E-state index is 0.196. The van der Waals surface area contributed by atoms with E-state index < -0.39 is 0 Å². The molecule has 0 radical (unpaired) electrons. The zero-order valence-corrected chi connectivity index (χ0v) is 17.0. The Hall–Kier alpha value is -2.82. The van der Waals surface area contributed by atoms with Gasteiger partial charge in [-0.2, -0.15) is 0 Å². The van der Waals surface area contributed by atoms with Gasteiger partial charge >= 0.3 is 0 Å². The van der Waals surface area contributed by atoms with E-state index in [-0.39, 0.29) is 5.75 Å². The Bertz CT molecular complexity index is 865. The summed E-state index contributed by atoms with van der Waals surface area (Å²) in [6.07, 6.45) is 1.49. The normalized spacial score (nSPS) is 21.6. The zero-order valence-electron chi connectivity index (χ0n) is 17.0. The van der Waals surface area contributed by atoms with Gasteiger partial charge in [-0.05, 0) is 18.2 Å². The van der Waals surface area contributed by atoms with Crippen LogP contribution in [0.15, 0.2) is 78.9 Å². The molecule has 0 saturated carbocycles. The van der Waals surface area contributed by atoms with E-state index in [1.54, 1.807) is 23.0 Å². The van der Waals surface area contributed by atoms with Crippen molar-refractivity contribution in [3.63, 3.8) is 0 Å². The lowest BCUT2D eigenvalue weighted by molar-refractivity contribution is -1.16. The largest absolute Gasteiger partial charge is 0.504 e. The lowest BCUT2D eigenvalue weighted by Crippen LogP contribution is -3.32. The third-order valence-corrected chi connectivity index (χ3v) is 5.90. The third-order valence-electron chi connectivity index (χ3n) is 5.90. The first kappa shape index (κ1) is 19.5. The Labute approximate surface area is 173 Å². The van der Waals surface area contributed by atoms with E-state index in [0.29, 0.717) is 11.9 Å². The second-order valence-electron chi connectivity index (χ2n) is 7.86. The average molecular weight is 391 g/mol. The molecule has 4 nitrogen and oxygen atoms in total. The van der Waals surface area contributed by atoms with Crippen LogP contribution in [0.1, 0.15) is 29.3 Å². The number of aromatic hydroxyl groups is 1. The highest BCUT2D eigenvalue weighted by molar-refractivity contribution is 5.42. The molecular formula is C25H30N2O2+2. The monoisotopic (exact) mass is 390 g/mol. The Morgan fingerprint density at radius 3 is 1.90 bits per heavy atom. The number of quaternary nitrogens is 2. The molecule has 1 aliphatic rings. The van der Waals surface area contributed by atoms with Crippen molar-refractivity contribution in [1.29, 1.82) is 0 Å². The van der Waals surface area contributed by atoms with E-state index >= 15 is 0 Å². The number of hydrogen-bond acceptors (Lipinski definition) is 2. The van der Waals surface area contributed by atoms with Crippen molar-refractivity contribution in [3.05, 3.63) is 95.6 Å². The molecule has 1 heterocycles. The van der Waals surface area contributed by atoms with Gasteiger partial charge in [0.15, 0.2) is 11.5 Å². The molecule has 3 N–H and O–H groups in total. The number of benzene rings is 3. The maximum Gasteiger partial charge on any atom is 0.240 e. The maximum absolute atomic E-state index is 10.1. The molecule has 3 aromatic rings. The third kappa shape index (κ3) is 4.61. The summed E-state index contributed by atoms with van der Waals surface area (Å²) in [5, 5.41) is 10.1. The number of phenols is 1. The zero-order chi connectivity index (χ0) is 20.1. The predicted octanol–water partition coefficient (Wildman–Crippen LogP) is 1.97. The average Bonchev–Trinajstić information content (AvgIpc) is 2.76. The van der Waals surface area contributed by atoms with Crippen LogP contribution in [0.25, 0.3) is 0 Å². The van der Waals surface area contributed by atoms with Crippen LogP contribution in [0.4, 0.5) is 0 Å². The van der Waals surface area contributed by atoms with E-state index in [1.807, 2.05) is 6.07 Å². The molecule has 0 amide bonds. The van der Waals surface area contributed by atoms with E-state index in [0.717, 1.165) is 26.2 Å². The molecule has 4 heteroatoms. The standard InChI is InChI=1S/C25H28N2O2/c1-29-24-17-22(13-14-23(24)28)25-26(18-20-9-4-2-5-10-20)15-8-16-27(25)19-21-11-6-3-7-12-21/h2-7,9-14,17,25,28H,8,15-16,18-19H2,1H3/p+2. The summed E-state index contributed by atoms with van der Waals surface area (Å²) >= 11 is 0. The number of nitrogens with one attached hydrogen (secondary N) is 2. The number of phenolic OH excluding ortho intramolecular Hbond substituents is 1. The van der Waals surface area contributed by atoms with Crippen LogP contribution in [0.3, 0.4) is 0 Å². The van der Waals surface area contributed by atoms with Crippen LogP contribution in [-0.2, 0) is 13.1 Å². The van der Waals surface area contributed by atoms with Crippen molar-refractivity contribution in [1.82, 2.24) is 0 Å². The highest BCUT2D eigenvalue weighted by Crippen LogP contribution is 2.27. The molecule has 4 rings (SSSR count). The van der Waals surface area contributed by atoms with Crippen LogP contribution in [0.2, 0.25) is 0 Å². The highest BCUT2D eigenvalue weighted by Gasteiger charge is 2.38. The number of methoxy groups -OCH3 is 1. The smallest absolute Gasteiger partial charge is 0.240 e. The molecule has 0 aromatic heterocycles. The van der Waals surface area contributed by atoms with Gasteiger partial charge in [0.25, 0.3) is 0 Å². The van der Waals surface area contributed by atoms with Crippen molar-refractivity contribution in [3.8, 4) is 11.5 Å². The Morgan fingerprint density at radius 1 is 0.828 bits per heavy atom. The van der Waals surface area contributed by atoms with Gasteiger partial charge in [0, 0.05) is 17.5 Å². The van der Waals surface area contributed by atoms with Crippen LogP contribution in [-0.4, -0.2) is 25.3 Å². The quantitative estimate of drug-likeness (QED) is 0.602. The second kappa shape index (κ2) is 9.12. The SMILES string of the molecule is COc1cc(C2[NH+](Cc3ccccc3)CCC[NH+]2Cc2ccccc2)ccc1O. The number of ether oxygens (including phenoxy) is 1. The van der Waals surface area contributed by atoms with Gasteiger partial charge < -0.3 is 9.84 Å². The Morgan fingerprint density at radius 2 is 1.38 bits per heavy atom. The summed E-state index contributed by atoms with van der Waals surface area (Å²) in [5.41, 5.74) is 3.94. The molecule has 3 aromatic carbocycles. The molecule has 2 atom stereocenters. The molecule has 1 fully saturated rings. The van der Waals surface area contributed by atoms with Gasteiger partial charge in [0.05, 0.1) is 25.8 Å². The van der Waals surface area contributed by atoms with Gasteiger partial charge in [0.2, 0.25) is 6.17 Å². The molecule has 0 spiro atoms. The first-order chi connectivity index (χ1) is 14.2. The van der Waals surface area contributed by atoms with Crippen molar-refractivity contribution in [2.45, 2.75) is 25.7 Å². The summed E-state index contributed by atoms with van der Waals surface area (Å²) in [6, 6.07) is 27.3. The van der Waals surface area contributed by atoms with Crippen molar-refractivity contribution >= 4 is 0 Å². The lowest BCUT2D eigenvalue weighted by Gasteiger charge is -2.38. The first-order valence-electron chi connectivity index (χ1n) is 10.4. The molecule has 1 aliphatic heterocycles. The maximum atomic E-state index is 10.1. The first-order valence-corrected chi connectivity index (χ1v) is 10.4. The number of rotatable bonds is 6. The van der Waals surface area contributed by atoms with Crippen molar-refractivity contribution < 1.29 is 19.6 Å². The number of hydrogen-bond donors (Lipinski definition) is 3. The summed E-state index contributed by atoms with van der Waals surface area (Å²) in [4.78, 5) is 3.11. The fourth-order valence-electron chi connectivity index (χ4n) is 4.56. The molecular weight excluding hydrogens is 360 g/mol. The highest BCUT2D eigenvalue weighted by atomic mass is 16.5. The van der Waals surface area contributed by atoms with E-state index in [4.69, 9.17) is 4.74 Å². The van der Waals surface area contributed by atoms with E-state index in [9.17, 15) is 5.11 Å². The summed E-state index contributed by atoms with van der Waals surface area (Å²) in [7, 11) is 1.61. The predicted molar refractivity (Wildman–Crippen MR) is 114 cm³/mol. The van der Waals surface area contributed by atoms with Gasteiger partial charge in [-0.15, -0.1) is 0 Å². The lowest BCUT2D eigenvalue weighted by atomic mass is 10.0. The van der Waals surface area contributed by atoms with Gasteiger partial charge in [-0.25, -0.2) is 0 Å². The Kier molecular flexibility index (Phi) is 6.13. The van der Waals surface area contributed by atoms with E-state index in [1.165, 1.54) is 23.1 Å². The molecule has 0 bridgehead atoms. The minimum Gasteiger partial charge on any atom is -0.504 e. The van der Waals surface area contributed by atoms with Crippen molar-refractivity contribution in [2.75, 3.05) is 20.2 Å².